The predicted octanol–water partition coefficient (Wildman–Crippen LogP) is 3.22. The molecule has 0 spiro atoms. The van der Waals surface area contributed by atoms with Crippen LogP contribution in [0.4, 0.5) is 0 Å². The van der Waals surface area contributed by atoms with Crippen LogP contribution in [0.1, 0.15) is 23.6 Å². The Hall–Kier alpha value is -1.85. The Kier molecular flexibility index (Phi) is 5.80. The summed E-state index contributed by atoms with van der Waals surface area (Å²) in [7, 11) is -3.51. The first-order chi connectivity index (χ1) is 10.9. The van der Waals surface area contributed by atoms with Crippen molar-refractivity contribution in [1.82, 2.24) is 4.72 Å². The monoisotopic (exact) mass is 333 g/mol. The Bertz CT molecular complexity index is 752. The van der Waals surface area contributed by atoms with Crippen molar-refractivity contribution in [1.29, 1.82) is 0 Å². The lowest BCUT2D eigenvalue weighted by atomic mass is 10.2. The van der Waals surface area contributed by atoms with Gasteiger partial charge >= 0.3 is 0 Å². The summed E-state index contributed by atoms with van der Waals surface area (Å²) < 4.78 is 32.8. The topological polar surface area (TPSA) is 55.4 Å². The quantitative estimate of drug-likeness (QED) is 0.792. The number of hydrogen-bond acceptors (Lipinski definition) is 3. The Labute approximate surface area is 138 Å². The van der Waals surface area contributed by atoms with Gasteiger partial charge in [-0.15, -0.1) is 0 Å². The number of sulfonamides is 1. The van der Waals surface area contributed by atoms with Gasteiger partial charge in [0.05, 0.1) is 4.90 Å². The summed E-state index contributed by atoms with van der Waals surface area (Å²) in [4.78, 5) is 0.324. The standard InChI is InChI=1S/C18H23NO3S/c1-4-16-7-9-17(10-8-16)22-12-11-19-23(20,21)18-13-14(2)5-6-15(18)3/h5-10,13,19H,4,11-12H2,1-3H3. The van der Waals surface area contributed by atoms with Crippen molar-refractivity contribution in [2.45, 2.75) is 32.1 Å². The largest absolute Gasteiger partial charge is 0.492 e. The average Bonchev–Trinajstić information content (AvgIpc) is 2.54. The van der Waals surface area contributed by atoms with Gasteiger partial charge in [0, 0.05) is 6.54 Å². The van der Waals surface area contributed by atoms with Crippen molar-refractivity contribution in [3.8, 4) is 5.75 Å². The van der Waals surface area contributed by atoms with Crippen LogP contribution in [-0.2, 0) is 16.4 Å². The van der Waals surface area contributed by atoms with Crippen LogP contribution in [0.25, 0.3) is 0 Å². The molecule has 0 amide bonds. The zero-order chi connectivity index (χ0) is 16.9. The van der Waals surface area contributed by atoms with Gasteiger partial charge in [0.15, 0.2) is 0 Å². The molecule has 0 fully saturated rings. The van der Waals surface area contributed by atoms with Gasteiger partial charge in [0.1, 0.15) is 12.4 Å². The van der Waals surface area contributed by atoms with Crippen molar-refractivity contribution < 1.29 is 13.2 Å². The predicted molar refractivity (Wildman–Crippen MR) is 92.4 cm³/mol. The van der Waals surface area contributed by atoms with E-state index in [1.54, 1.807) is 13.0 Å². The molecule has 2 aromatic rings. The summed E-state index contributed by atoms with van der Waals surface area (Å²) in [6, 6.07) is 13.2. The smallest absolute Gasteiger partial charge is 0.240 e. The number of rotatable bonds is 7. The van der Waals surface area contributed by atoms with Crippen molar-refractivity contribution in [2.24, 2.45) is 0 Å². The average molecular weight is 333 g/mol. The maximum atomic E-state index is 12.3. The lowest BCUT2D eigenvalue weighted by Gasteiger charge is -2.11. The van der Waals surface area contributed by atoms with Gasteiger partial charge in [-0.1, -0.05) is 31.2 Å². The molecule has 0 unspecified atom stereocenters. The van der Waals surface area contributed by atoms with Gasteiger partial charge in [0.2, 0.25) is 10.0 Å². The second kappa shape index (κ2) is 7.62. The minimum Gasteiger partial charge on any atom is -0.492 e. The molecule has 0 heterocycles. The normalized spacial score (nSPS) is 11.4. The molecular formula is C18H23NO3S. The van der Waals surface area contributed by atoms with E-state index in [1.807, 2.05) is 43.3 Å². The molecule has 0 saturated carbocycles. The van der Waals surface area contributed by atoms with Gasteiger partial charge < -0.3 is 4.74 Å². The fourth-order valence-electron chi connectivity index (χ4n) is 2.24. The minimum absolute atomic E-state index is 0.227. The van der Waals surface area contributed by atoms with Gasteiger partial charge in [-0.2, -0.15) is 0 Å². The molecule has 0 radical (unpaired) electrons. The highest BCUT2D eigenvalue weighted by Crippen LogP contribution is 2.16. The SMILES string of the molecule is CCc1ccc(OCCNS(=O)(=O)c2cc(C)ccc2C)cc1. The molecule has 23 heavy (non-hydrogen) atoms. The lowest BCUT2D eigenvalue weighted by Crippen LogP contribution is -2.28. The zero-order valence-electron chi connectivity index (χ0n) is 13.8. The first-order valence-corrected chi connectivity index (χ1v) is 9.19. The van der Waals surface area contributed by atoms with E-state index in [9.17, 15) is 8.42 Å². The zero-order valence-corrected chi connectivity index (χ0v) is 14.6. The van der Waals surface area contributed by atoms with Crippen molar-refractivity contribution in [2.75, 3.05) is 13.2 Å². The molecule has 2 aromatic carbocycles. The molecule has 0 bridgehead atoms. The van der Waals surface area contributed by atoms with E-state index < -0.39 is 10.0 Å². The minimum atomic E-state index is -3.51. The number of benzene rings is 2. The Morgan fingerprint density at radius 2 is 1.74 bits per heavy atom. The van der Waals surface area contributed by atoms with E-state index in [-0.39, 0.29) is 13.2 Å². The van der Waals surface area contributed by atoms with Gasteiger partial charge in [-0.3, -0.25) is 0 Å². The van der Waals surface area contributed by atoms with Crippen LogP contribution in [0.5, 0.6) is 5.75 Å². The van der Waals surface area contributed by atoms with Crippen LogP contribution in [0.3, 0.4) is 0 Å². The molecule has 5 heteroatoms. The second-order valence-corrected chi connectivity index (χ2v) is 7.25. The first kappa shape index (κ1) is 17.5. The maximum absolute atomic E-state index is 12.3. The summed E-state index contributed by atoms with van der Waals surface area (Å²) in [5.74, 6) is 0.744. The molecule has 124 valence electrons. The summed E-state index contributed by atoms with van der Waals surface area (Å²) in [6.07, 6.45) is 0.982. The van der Waals surface area contributed by atoms with Crippen molar-refractivity contribution in [3.05, 3.63) is 59.2 Å². The third-order valence-corrected chi connectivity index (χ3v) is 5.23. The van der Waals surface area contributed by atoms with Gasteiger partial charge in [-0.25, -0.2) is 13.1 Å². The van der Waals surface area contributed by atoms with E-state index in [4.69, 9.17) is 4.74 Å². The van der Waals surface area contributed by atoms with E-state index in [0.29, 0.717) is 4.90 Å². The summed E-state index contributed by atoms with van der Waals surface area (Å²) in [5, 5.41) is 0. The van der Waals surface area contributed by atoms with E-state index >= 15 is 0 Å². The number of aryl methyl sites for hydroxylation is 3. The van der Waals surface area contributed by atoms with E-state index in [1.165, 1.54) is 5.56 Å². The highest BCUT2D eigenvalue weighted by atomic mass is 32.2. The molecule has 1 N–H and O–H groups in total. The van der Waals surface area contributed by atoms with Crippen molar-refractivity contribution >= 4 is 10.0 Å². The van der Waals surface area contributed by atoms with Crippen molar-refractivity contribution in [3.63, 3.8) is 0 Å². The van der Waals surface area contributed by atoms with Crippen LogP contribution in [-0.4, -0.2) is 21.6 Å². The van der Waals surface area contributed by atoms with Gasteiger partial charge in [-0.05, 0) is 55.2 Å². The third-order valence-electron chi connectivity index (χ3n) is 3.63. The summed E-state index contributed by atoms with van der Waals surface area (Å²) in [5.41, 5.74) is 2.90. The molecule has 0 aliphatic rings. The van der Waals surface area contributed by atoms with Crippen LogP contribution in [0.2, 0.25) is 0 Å². The molecule has 0 aliphatic carbocycles. The molecule has 0 aromatic heterocycles. The molecule has 2 rings (SSSR count). The number of nitrogens with one attached hydrogen (secondary N) is 1. The number of ether oxygens (including phenoxy) is 1. The highest BCUT2D eigenvalue weighted by molar-refractivity contribution is 7.89. The lowest BCUT2D eigenvalue weighted by molar-refractivity contribution is 0.322. The first-order valence-electron chi connectivity index (χ1n) is 7.71. The molecule has 0 saturated heterocycles. The number of hydrogen-bond donors (Lipinski definition) is 1. The molecule has 0 aliphatic heterocycles. The second-order valence-electron chi connectivity index (χ2n) is 5.51. The third kappa shape index (κ3) is 4.81. The van der Waals surface area contributed by atoms with Crippen LogP contribution in [0.15, 0.2) is 47.4 Å². The van der Waals surface area contributed by atoms with E-state index in [2.05, 4.69) is 11.6 Å². The van der Waals surface area contributed by atoms with Crippen LogP contribution < -0.4 is 9.46 Å². The summed E-state index contributed by atoms with van der Waals surface area (Å²) in [6.45, 7) is 6.28. The fraction of sp³-hybridized carbons (Fsp3) is 0.333. The Morgan fingerprint density at radius 1 is 1.04 bits per heavy atom. The Balaban J connectivity index is 1.90. The van der Waals surface area contributed by atoms with Gasteiger partial charge in [0.25, 0.3) is 0 Å². The molecule has 4 nitrogen and oxygen atoms in total. The van der Waals surface area contributed by atoms with E-state index in [0.717, 1.165) is 23.3 Å². The highest BCUT2D eigenvalue weighted by Gasteiger charge is 2.16. The van der Waals surface area contributed by atoms with Crippen LogP contribution in [0, 0.1) is 13.8 Å². The molecule has 0 atom stereocenters. The maximum Gasteiger partial charge on any atom is 0.240 e. The fourth-order valence-corrected chi connectivity index (χ4v) is 3.58. The molecular weight excluding hydrogens is 310 g/mol. The Morgan fingerprint density at radius 3 is 2.39 bits per heavy atom. The van der Waals surface area contributed by atoms with Crippen LogP contribution >= 0.6 is 0 Å². The summed E-state index contributed by atoms with van der Waals surface area (Å²) >= 11 is 0.